The lowest BCUT2D eigenvalue weighted by Gasteiger charge is -2.24. The lowest BCUT2D eigenvalue weighted by Crippen LogP contribution is -2.42. The van der Waals surface area contributed by atoms with Gasteiger partial charge in [0.2, 0.25) is 0 Å². The minimum Gasteiger partial charge on any atom is -0.497 e. The van der Waals surface area contributed by atoms with Crippen LogP contribution in [0.4, 0.5) is 13.2 Å². The summed E-state index contributed by atoms with van der Waals surface area (Å²) in [5, 5.41) is -1.59. The predicted octanol–water partition coefficient (Wildman–Crippen LogP) is 3.46. The predicted molar refractivity (Wildman–Crippen MR) is 67.0 cm³/mol. The van der Waals surface area contributed by atoms with Crippen LogP contribution in [-0.2, 0) is 0 Å². The van der Waals surface area contributed by atoms with Gasteiger partial charge in [0.25, 0.3) is 0 Å². The van der Waals surface area contributed by atoms with Crippen molar-refractivity contribution in [1.29, 1.82) is 0 Å². The molecule has 0 bridgehead atoms. The summed E-state index contributed by atoms with van der Waals surface area (Å²) < 4.78 is 43.5. The Balaban J connectivity index is 2.82. The van der Waals surface area contributed by atoms with Gasteiger partial charge in [0.15, 0.2) is 0 Å². The standard InChI is InChI=1S/C12H16F3NOS/c1-3-10(16)11(12(13,14)15)18-9-6-4-8(17-2)5-7-9/h4-7,10-11H,3,16H2,1-2H3. The second-order valence-corrected chi connectivity index (χ2v) is 5.04. The normalized spacial score (nSPS) is 15.2. The molecule has 0 amide bonds. The molecule has 2 nitrogen and oxygen atoms in total. The molecule has 0 aliphatic rings. The summed E-state index contributed by atoms with van der Waals surface area (Å²) in [6.45, 7) is 1.65. The molecule has 2 unspecified atom stereocenters. The molecular weight excluding hydrogens is 263 g/mol. The number of methoxy groups -OCH3 is 1. The van der Waals surface area contributed by atoms with Crippen LogP contribution in [0, 0.1) is 0 Å². The molecule has 0 saturated heterocycles. The summed E-state index contributed by atoms with van der Waals surface area (Å²) in [7, 11) is 1.51. The van der Waals surface area contributed by atoms with Gasteiger partial charge in [0.05, 0.1) is 7.11 Å². The minimum atomic E-state index is -4.31. The maximum Gasteiger partial charge on any atom is 0.402 e. The van der Waals surface area contributed by atoms with Gasteiger partial charge in [-0.05, 0) is 30.7 Å². The smallest absolute Gasteiger partial charge is 0.402 e. The zero-order chi connectivity index (χ0) is 13.8. The molecular formula is C12H16F3NOS. The van der Waals surface area contributed by atoms with Crippen LogP contribution in [0.25, 0.3) is 0 Å². The van der Waals surface area contributed by atoms with Crippen molar-refractivity contribution in [3.05, 3.63) is 24.3 Å². The van der Waals surface area contributed by atoms with Gasteiger partial charge in [0.1, 0.15) is 11.0 Å². The van der Waals surface area contributed by atoms with Crippen molar-refractivity contribution in [3.63, 3.8) is 0 Å². The van der Waals surface area contributed by atoms with Gasteiger partial charge >= 0.3 is 6.18 Å². The molecule has 1 rings (SSSR count). The summed E-state index contributed by atoms with van der Waals surface area (Å²) in [5.41, 5.74) is 5.54. The molecule has 0 heterocycles. The highest BCUT2D eigenvalue weighted by molar-refractivity contribution is 8.00. The Morgan fingerprint density at radius 1 is 1.28 bits per heavy atom. The molecule has 0 saturated carbocycles. The maximum absolute atomic E-state index is 12.9. The van der Waals surface area contributed by atoms with E-state index in [2.05, 4.69) is 0 Å². The number of rotatable bonds is 5. The van der Waals surface area contributed by atoms with Crippen molar-refractivity contribution >= 4 is 11.8 Å². The first-order chi connectivity index (χ1) is 8.38. The molecule has 6 heteroatoms. The molecule has 0 radical (unpaired) electrons. The molecule has 0 aromatic heterocycles. The summed E-state index contributed by atoms with van der Waals surface area (Å²) in [5.74, 6) is 0.614. The Bertz CT molecular complexity index is 367. The van der Waals surface area contributed by atoms with Crippen LogP contribution in [0.2, 0.25) is 0 Å². The molecule has 0 fully saturated rings. The molecule has 2 atom stereocenters. The number of hydrogen-bond donors (Lipinski definition) is 1. The van der Waals surface area contributed by atoms with E-state index in [4.69, 9.17) is 10.5 Å². The summed E-state index contributed by atoms with van der Waals surface area (Å²) >= 11 is 0.742. The van der Waals surface area contributed by atoms with Gasteiger partial charge < -0.3 is 10.5 Å². The number of hydrogen-bond acceptors (Lipinski definition) is 3. The average Bonchev–Trinajstić information content (AvgIpc) is 2.34. The first kappa shape index (κ1) is 15.2. The zero-order valence-electron chi connectivity index (χ0n) is 10.2. The molecule has 2 N–H and O–H groups in total. The van der Waals surface area contributed by atoms with Crippen LogP contribution in [0.15, 0.2) is 29.2 Å². The Morgan fingerprint density at radius 2 is 1.83 bits per heavy atom. The van der Waals surface area contributed by atoms with Gasteiger partial charge in [-0.2, -0.15) is 13.2 Å². The molecule has 102 valence electrons. The third-order valence-electron chi connectivity index (χ3n) is 2.51. The van der Waals surface area contributed by atoms with E-state index in [1.54, 1.807) is 31.2 Å². The van der Waals surface area contributed by atoms with Crippen molar-refractivity contribution in [3.8, 4) is 5.75 Å². The van der Waals surface area contributed by atoms with Gasteiger partial charge in [-0.25, -0.2) is 0 Å². The van der Waals surface area contributed by atoms with E-state index in [9.17, 15) is 13.2 Å². The SMILES string of the molecule is CCC(N)C(Sc1ccc(OC)cc1)C(F)(F)F. The number of alkyl halides is 3. The Hall–Kier alpha value is -0.880. The monoisotopic (exact) mass is 279 g/mol. The summed E-state index contributed by atoms with van der Waals surface area (Å²) in [6, 6.07) is 5.56. The van der Waals surface area contributed by atoms with E-state index in [0.29, 0.717) is 10.6 Å². The highest BCUT2D eigenvalue weighted by Crippen LogP contribution is 2.37. The quantitative estimate of drug-likeness (QED) is 0.838. The third-order valence-corrected chi connectivity index (χ3v) is 3.92. The maximum atomic E-state index is 12.9. The molecule has 1 aromatic carbocycles. The molecule has 1 aromatic rings. The van der Waals surface area contributed by atoms with Gasteiger partial charge in [-0.3, -0.25) is 0 Å². The lowest BCUT2D eigenvalue weighted by atomic mass is 10.1. The van der Waals surface area contributed by atoms with E-state index in [-0.39, 0.29) is 6.42 Å². The van der Waals surface area contributed by atoms with E-state index in [1.165, 1.54) is 7.11 Å². The number of ether oxygens (including phenoxy) is 1. The largest absolute Gasteiger partial charge is 0.497 e. The van der Waals surface area contributed by atoms with Crippen LogP contribution >= 0.6 is 11.8 Å². The highest BCUT2D eigenvalue weighted by Gasteiger charge is 2.43. The summed E-state index contributed by atoms with van der Waals surface area (Å²) in [4.78, 5) is 0.530. The average molecular weight is 279 g/mol. The molecule has 0 spiro atoms. The van der Waals surface area contributed by atoms with E-state index in [1.807, 2.05) is 0 Å². The highest BCUT2D eigenvalue weighted by atomic mass is 32.2. The molecule has 18 heavy (non-hydrogen) atoms. The Morgan fingerprint density at radius 3 is 2.22 bits per heavy atom. The van der Waals surface area contributed by atoms with Crippen LogP contribution in [0.1, 0.15) is 13.3 Å². The van der Waals surface area contributed by atoms with Crippen molar-refractivity contribution in [2.75, 3.05) is 7.11 Å². The fraction of sp³-hybridized carbons (Fsp3) is 0.500. The molecule has 0 aliphatic heterocycles. The van der Waals surface area contributed by atoms with Gasteiger partial charge in [-0.15, -0.1) is 11.8 Å². The number of halogens is 3. The number of benzene rings is 1. The van der Waals surface area contributed by atoms with Crippen LogP contribution in [0.5, 0.6) is 5.75 Å². The van der Waals surface area contributed by atoms with E-state index in [0.717, 1.165) is 11.8 Å². The first-order valence-corrected chi connectivity index (χ1v) is 6.39. The summed E-state index contributed by atoms with van der Waals surface area (Å²) in [6.07, 6.45) is -4.02. The van der Waals surface area contributed by atoms with Crippen molar-refractivity contribution in [2.24, 2.45) is 5.73 Å². The second kappa shape index (κ2) is 6.33. The van der Waals surface area contributed by atoms with Gasteiger partial charge in [-0.1, -0.05) is 6.92 Å². The van der Waals surface area contributed by atoms with E-state index >= 15 is 0 Å². The van der Waals surface area contributed by atoms with Crippen molar-refractivity contribution in [2.45, 2.75) is 35.7 Å². The first-order valence-electron chi connectivity index (χ1n) is 5.51. The third kappa shape index (κ3) is 4.10. The minimum absolute atomic E-state index is 0.285. The van der Waals surface area contributed by atoms with Crippen molar-refractivity contribution in [1.82, 2.24) is 0 Å². The number of thioether (sulfide) groups is 1. The second-order valence-electron chi connectivity index (χ2n) is 3.83. The van der Waals surface area contributed by atoms with Crippen LogP contribution in [0.3, 0.4) is 0 Å². The number of nitrogens with two attached hydrogens (primary N) is 1. The van der Waals surface area contributed by atoms with E-state index < -0.39 is 17.5 Å². The van der Waals surface area contributed by atoms with Gasteiger partial charge in [0, 0.05) is 10.9 Å². The fourth-order valence-electron chi connectivity index (χ4n) is 1.41. The Kier molecular flexibility index (Phi) is 5.34. The van der Waals surface area contributed by atoms with Crippen LogP contribution < -0.4 is 10.5 Å². The fourth-order valence-corrected chi connectivity index (χ4v) is 2.50. The lowest BCUT2D eigenvalue weighted by molar-refractivity contribution is -0.132. The van der Waals surface area contributed by atoms with Crippen LogP contribution in [-0.4, -0.2) is 24.6 Å². The Labute approximate surface area is 109 Å². The zero-order valence-corrected chi connectivity index (χ0v) is 11.0. The topological polar surface area (TPSA) is 35.2 Å². The molecule has 0 aliphatic carbocycles. The van der Waals surface area contributed by atoms with Crippen molar-refractivity contribution < 1.29 is 17.9 Å².